The molecule has 144 valence electrons. The maximum Gasteiger partial charge on any atom is 0.338 e. The Bertz CT molecular complexity index is 956. The summed E-state index contributed by atoms with van der Waals surface area (Å²) in [5.74, 6) is -1.74. The van der Waals surface area contributed by atoms with Crippen LogP contribution in [0, 0.1) is 0 Å². The van der Waals surface area contributed by atoms with Crippen molar-refractivity contribution in [1.29, 1.82) is 0 Å². The average molecular weight is 399 g/mol. The Kier molecular flexibility index (Phi) is 5.80. The molecule has 0 bridgehead atoms. The van der Waals surface area contributed by atoms with Crippen LogP contribution < -0.4 is 10.2 Å². The second kappa shape index (κ2) is 8.27. The molecule has 28 heavy (non-hydrogen) atoms. The highest BCUT2D eigenvalue weighted by atomic mass is 35.5. The summed E-state index contributed by atoms with van der Waals surface area (Å²) >= 11 is 6.17. The fraction of sp³-hybridized carbons (Fsp3) is 0.190. The number of esters is 1. The molecule has 2 aromatic carbocycles. The van der Waals surface area contributed by atoms with Crippen molar-refractivity contribution in [3.8, 4) is 0 Å². The van der Waals surface area contributed by atoms with Crippen LogP contribution in [0.4, 0.5) is 5.69 Å². The fourth-order valence-corrected chi connectivity index (χ4v) is 3.11. The van der Waals surface area contributed by atoms with Crippen LogP contribution in [-0.2, 0) is 14.3 Å². The highest BCUT2D eigenvalue weighted by Gasteiger charge is 2.39. The number of hydrogen-bond acceptors (Lipinski definition) is 5. The van der Waals surface area contributed by atoms with Crippen LogP contribution in [0.1, 0.15) is 35.8 Å². The van der Waals surface area contributed by atoms with Gasteiger partial charge in [-0.25, -0.2) is 9.69 Å². The summed E-state index contributed by atoms with van der Waals surface area (Å²) in [6.07, 6.45) is 0. The fourth-order valence-electron chi connectivity index (χ4n) is 2.89. The zero-order valence-corrected chi connectivity index (χ0v) is 16.2. The zero-order chi connectivity index (χ0) is 20.3. The van der Waals surface area contributed by atoms with Crippen molar-refractivity contribution in [3.63, 3.8) is 0 Å². The van der Waals surface area contributed by atoms with Gasteiger partial charge in [0.05, 0.1) is 17.9 Å². The van der Waals surface area contributed by atoms with E-state index in [-0.39, 0.29) is 34.6 Å². The third-order valence-corrected chi connectivity index (χ3v) is 4.65. The SMILES string of the molecule is CCOC(=O)c1cccc(N2C(=O)C(Cl)=C(NC(C)c3ccccc3)C2=O)c1. The molecule has 6 nitrogen and oxygen atoms in total. The van der Waals surface area contributed by atoms with Crippen LogP contribution in [0.2, 0.25) is 0 Å². The van der Waals surface area contributed by atoms with Crippen molar-refractivity contribution in [2.75, 3.05) is 11.5 Å². The lowest BCUT2D eigenvalue weighted by Crippen LogP contribution is -2.34. The molecule has 2 amide bonds. The molecule has 7 heteroatoms. The summed E-state index contributed by atoms with van der Waals surface area (Å²) in [6.45, 7) is 3.79. The Hall–Kier alpha value is -3.12. The predicted molar refractivity (Wildman–Crippen MR) is 106 cm³/mol. The lowest BCUT2D eigenvalue weighted by Gasteiger charge is -2.18. The number of halogens is 1. The largest absolute Gasteiger partial charge is 0.462 e. The Morgan fingerprint density at radius 2 is 1.82 bits per heavy atom. The number of hydrogen-bond donors (Lipinski definition) is 1. The summed E-state index contributed by atoms with van der Waals surface area (Å²) in [5.41, 5.74) is 1.48. The van der Waals surface area contributed by atoms with Gasteiger partial charge in [0.2, 0.25) is 0 Å². The summed E-state index contributed by atoms with van der Waals surface area (Å²) in [6, 6.07) is 15.4. The molecule has 0 saturated carbocycles. The lowest BCUT2D eigenvalue weighted by atomic mass is 10.1. The number of nitrogens with zero attached hydrogens (tertiary/aromatic N) is 1. The van der Waals surface area contributed by atoms with E-state index in [9.17, 15) is 14.4 Å². The van der Waals surface area contributed by atoms with E-state index in [1.54, 1.807) is 25.1 Å². The molecule has 0 aliphatic carbocycles. The minimum atomic E-state index is -0.643. The smallest absolute Gasteiger partial charge is 0.338 e. The van der Waals surface area contributed by atoms with Gasteiger partial charge in [0.15, 0.2) is 0 Å². The van der Waals surface area contributed by atoms with Gasteiger partial charge in [-0.1, -0.05) is 48.0 Å². The summed E-state index contributed by atoms with van der Waals surface area (Å²) in [4.78, 5) is 38.4. The molecule has 1 N–H and O–H groups in total. The number of nitrogens with one attached hydrogen (secondary N) is 1. The summed E-state index contributed by atoms with van der Waals surface area (Å²) in [7, 11) is 0. The maximum atomic E-state index is 12.9. The van der Waals surface area contributed by atoms with Crippen LogP contribution in [0.15, 0.2) is 65.3 Å². The van der Waals surface area contributed by atoms with Crippen molar-refractivity contribution in [1.82, 2.24) is 5.32 Å². The van der Waals surface area contributed by atoms with Crippen LogP contribution in [0.25, 0.3) is 0 Å². The molecule has 2 aromatic rings. The Labute approximate surface area is 167 Å². The summed E-state index contributed by atoms with van der Waals surface area (Å²) in [5, 5.41) is 2.84. The van der Waals surface area contributed by atoms with E-state index in [2.05, 4.69) is 5.32 Å². The monoisotopic (exact) mass is 398 g/mol. The molecular weight excluding hydrogens is 380 g/mol. The first-order chi connectivity index (χ1) is 13.4. The van der Waals surface area contributed by atoms with Gasteiger partial charge in [0.1, 0.15) is 10.7 Å². The van der Waals surface area contributed by atoms with Crippen molar-refractivity contribution in [3.05, 3.63) is 76.5 Å². The number of carbonyl (C=O) groups is 3. The van der Waals surface area contributed by atoms with Gasteiger partial charge in [-0.15, -0.1) is 0 Å². The highest BCUT2D eigenvalue weighted by Crippen LogP contribution is 2.30. The minimum Gasteiger partial charge on any atom is -0.462 e. The second-order valence-corrected chi connectivity index (χ2v) is 6.56. The minimum absolute atomic E-state index is 0.0320. The van der Waals surface area contributed by atoms with Gasteiger partial charge in [-0.2, -0.15) is 0 Å². The van der Waals surface area contributed by atoms with Gasteiger partial charge in [-0.3, -0.25) is 9.59 Å². The van der Waals surface area contributed by atoms with Crippen LogP contribution >= 0.6 is 11.6 Å². The normalized spacial score (nSPS) is 15.0. The molecule has 0 spiro atoms. The van der Waals surface area contributed by atoms with Crippen molar-refractivity contribution >= 4 is 35.1 Å². The van der Waals surface area contributed by atoms with Crippen LogP contribution in [0.3, 0.4) is 0 Å². The molecule has 3 rings (SSSR count). The van der Waals surface area contributed by atoms with E-state index < -0.39 is 17.8 Å². The lowest BCUT2D eigenvalue weighted by molar-refractivity contribution is -0.120. The molecular formula is C21H19ClN2O4. The molecule has 0 aromatic heterocycles. The topological polar surface area (TPSA) is 75.7 Å². The van der Waals surface area contributed by atoms with E-state index in [0.29, 0.717) is 0 Å². The van der Waals surface area contributed by atoms with E-state index in [4.69, 9.17) is 16.3 Å². The third-order valence-electron chi connectivity index (χ3n) is 4.30. The Balaban J connectivity index is 1.85. The summed E-state index contributed by atoms with van der Waals surface area (Å²) < 4.78 is 4.97. The quantitative estimate of drug-likeness (QED) is 0.595. The van der Waals surface area contributed by atoms with Crippen LogP contribution in [0.5, 0.6) is 0 Å². The molecule has 1 aliphatic heterocycles. The highest BCUT2D eigenvalue weighted by molar-refractivity contribution is 6.52. The van der Waals surface area contributed by atoms with Crippen molar-refractivity contribution in [2.24, 2.45) is 0 Å². The van der Waals surface area contributed by atoms with E-state index >= 15 is 0 Å². The predicted octanol–water partition coefficient (Wildman–Crippen LogP) is 3.54. The number of imide groups is 1. The number of amides is 2. The first-order valence-corrected chi connectivity index (χ1v) is 9.19. The number of rotatable bonds is 6. The first-order valence-electron chi connectivity index (χ1n) is 8.81. The second-order valence-electron chi connectivity index (χ2n) is 6.18. The number of benzene rings is 2. The van der Waals surface area contributed by atoms with Gasteiger partial charge in [0.25, 0.3) is 11.8 Å². The first kappa shape index (κ1) is 19.6. The number of carbonyl (C=O) groups excluding carboxylic acids is 3. The van der Waals surface area contributed by atoms with Crippen molar-refractivity contribution < 1.29 is 19.1 Å². The average Bonchev–Trinajstić information content (AvgIpc) is 2.92. The zero-order valence-electron chi connectivity index (χ0n) is 15.4. The van der Waals surface area contributed by atoms with E-state index in [1.165, 1.54) is 6.07 Å². The van der Waals surface area contributed by atoms with Gasteiger partial charge < -0.3 is 10.1 Å². The maximum absolute atomic E-state index is 12.9. The number of anilines is 1. The number of ether oxygens (including phenoxy) is 1. The Morgan fingerprint density at radius 1 is 1.11 bits per heavy atom. The standard InChI is InChI=1S/C21H19ClN2O4/c1-3-28-21(27)15-10-7-11-16(12-15)24-19(25)17(22)18(20(24)26)23-13(2)14-8-5-4-6-9-14/h4-13,23H,3H2,1-2H3. The third kappa shape index (κ3) is 3.77. The molecule has 1 aliphatic rings. The molecule has 1 atom stereocenters. The van der Waals surface area contributed by atoms with Gasteiger partial charge in [0, 0.05) is 6.04 Å². The molecule has 0 saturated heterocycles. The van der Waals surface area contributed by atoms with Gasteiger partial charge in [-0.05, 0) is 37.6 Å². The van der Waals surface area contributed by atoms with Crippen LogP contribution in [-0.4, -0.2) is 24.4 Å². The molecule has 0 fully saturated rings. The molecule has 1 heterocycles. The van der Waals surface area contributed by atoms with E-state index in [0.717, 1.165) is 10.5 Å². The molecule has 1 unspecified atom stereocenters. The van der Waals surface area contributed by atoms with Crippen molar-refractivity contribution in [2.45, 2.75) is 19.9 Å². The van der Waals surface area contributed by atoms with E-state index in [1.807, 2.05) is 37.3 Å². The van der Waals surface area contributed by atoms with Gasteiger partial charge >= 0.3 is 5.97 Å². The Morgan fingerprint density at radius 3 is 2.50 bits per heavy atom. The molecule has 0 radical (unpaired) electrons.